The number of aryl methyl sites for hydroxylation is 1. The SMILES string of the molecule is Cc1cscc1CNC(C)c1ccccn1. The van der Waals surface area contributed by atoms with Crippen LogP contribution in [0.5, 0.6) is 0 Å². The van der Waals surface area contributed by atoms with Crippen molar-refractivity contribution >= 4 is 11.3 Å². The summed E-state index contributed by atoms with van der Waals surface area (Å²) in [5.74, 6) is 0. The molecule has 1 N–H and O–H groups in total. The molecule has 84 valence electrons. The standard InChI is InChI=1S/C13H16N2S/c1-10-8-16-9-12(10)7-15-11(2)13-5-3-4-6-14-13/h3-6,8-9,11,15H,7H2,1-2H3. The minimum absolute atomic E-state index is 0.292. The predicted molar refractivity (Wildman–Crippen MR) is 68.5 cm³/mol. The summed E-state index contributed by atoms with van der Waals surface area (Å²) in [4.78, 5) is 4.34. The maximum absolute atomic E-state index is 4.34. The zero-order valence-electron chi connectivity index (χ0n) is 9.60. The fourth-order valence-corrected chi connectivity index (χ4v) is 2.42. The fourth-order valence-electron chi connectivity index (χ4n) is 1.57. The van der Waals surface area contributed by atoms with E-state index in [4.69, 9.17) is 0 Å². The molecule has 0 amide bonds. The van der Waals surface area contributed by atoms with E-state index in [-0.39, 0.29) is 0 Å². The lowest BCUT2D eigenvalue weighted by Crippen LogP contribution is -2.19. The van der Waals surface area contributed by atoms with E-state index in [1.807, 2.05) is 18.3 Å². The summed E-state index contributed by atoms with van der Waals surface area (Å²) >= 11 is 1.76. The first-order valence-corrected chi connectivity index (χ1v) is 6.37. The molecule has 0 aromatic carbocycles. The van der Waals surface area contributed by atoms with Crippen LogP contribution in [0.4, 0.5) is 0 Å². The molecule has 0 aliphatic rings. The highest BCUT2D eigenvalue weighted by Gasteiger charge is 2.06. The highest BCUT2D eigenvalue weighted by Crippen LogP contribution is 2.15. The molecule has 0 spiro atoms. The van der Waals surface area contributed by atoms with Crippen LogP contribution >= 0.6 is 11.3 Å². The Bertz CT molecular complexity index is 436. The van der Waals surface area contributed by atoms with E-state index in [2.05, 4.69) is 41.0 Å². The van der Waals surface area contributed by atoms with Crippen LogP contribution in [0, 0.1) is 6.92 Å². The Labute approximate surface area is 100 Å². The Balaban J connectivity index is 1.94. The van der Waals surface area contributed by atoms with Crippen molar-refractivity contribution < 1.29 is 0 Å². The molecular formula is C13H16N2S. The molecule has 2 aromatic rings. The van der Waals surface area contributed by atoms with Crippen molar-refractivity contribution in [2.45, 2.75) is 26.4 Å². The molecule has 0 saturated carbocycles. The second-order valence-corrected chi connectivity index (χ2v) is 4.68. The summed E-state index contributed by atoms with van der Waals surface area (Å²) in [6, 6.07) is 6.31. The van der Waals surface area contributed by atoms with Crippen molar-refractivity contribution in [2.75, 3.05) is 0 Å². The van der Waals surface area contributed by atoms with Gasteiger partial charge in [0.15, 0.2) is 0 Å². The minimum Gasteiger partial charge on any atom is -0.305 e. The molecular weight excluding hydrogens is 216 g/mol. The molecule has 2 heterocycles. The van der Waals surface area contributed by atoms with Crippen molar-refractivity contribution in [1.82, 2.24) is 10.3 Å². The van der Waals surface area contributed by atoms with Crippen LogP contribution in [0.2, 0.25) is 0 Å². The maximum atomic E-state index is 4.34. The molecule has 1 unspecified atom stereocenters. The second-order valence-electron chi connectivity index (χ2n) is 3.94. The van der Waals surface area contributed by atoms with Crippen molar-refractivity contribution in [2.24, 2.45) is 0 Å². The molecule has 2 rings (SSSR count). The summed E-state index contributed by atoms with van der Waals surface area (Å²) in [6.45, 7) is 5.20. The lowest BCUT2D eigenvalue weighted by Gasteiger charge is -2.12. The normalized spacial score (nSPS) is 12.6. The van der Waals surface area contributed by atoms with Gasteiger partial charge in [0.25, 0.3) is 0 Å². The van der Waals surface area contributed by atoms with Crippen molar-refractivity contribution in [3.8, 4) is 0 Å². The summed E-state index contributed by atoms with van der Waals surface area (Å²) in [6.07, 6.45) is 1.84. The first kappa shape index (κ1) is 11.3. The second kappa shape index (κ2) is 5.23. The first-order chi connectivity index (χ1) is 7.77. The molecule has 3 heteroatoms. The van der Waals surface area contributed by atoms with Gasteiger partial charge in [0.1, 0.15) is 0 Å². The number of hydrogen-bond donors (Lipinski definition) is 1. The highest BCUT2D eigenvalue weighted by molar-refractivity contribution is 7.08. The number of hydrogen-bond acceptors (Lipinski definition) is 3. The lowest BCUT2D eigenvalue weighted by molar-refractivity contribution is 0.561. The number of thiophene rings is 1. The Hall–Kier alpha value is -1.19. The van der Waals surface area contributed by atoms with Crippen molar-refractivity contribution in [3.05, 3.63) is 52.0 Å². The molecule has 1 atom stereocenters. The molecule has 0 aliphatic carbocycles. The number of nitrogens with zero attached hydrogens (tertiary/aromatic N) is 1. The molecule has 0 fully saturated rings. The third-order valence-electron chi connectivity index (χ3n) is 2.69. The smallest absolute Gasteiger partial charge is 0.0570 e. The van der Waals surface area contributed by atoms with E-state index in [1.54, 1.807) is 11.3 Å². The summed E-state index contributed by atoms with van der Waals surface area (Å²) < 4.78 is 0. The van der Waals surface area contributed by atoms with Crippen LogP contribution in [0.3, 0.4) is 0 Å². The van der Waals surface area contributed by atoms with Gasteiger partial charge in [-0.1, -0.05) is 6.07 Å². The van der Waals surface area contributed by atoms with Crippen LogP contribution in [-0.2, 0) is 6.54 Å². The predicted octanol–water partition coefficient (Wildman–Crippen LogP) is 3.30. The van der Waals surface area contributed by atoms with E-state index >= 15 is 0 Å². The van der Waals surface area contributed by atoms with Gasteiger partial charge in [-0.05, 0) is 47.9 Å². The number of pyridine rings is 1. The number of rotatable bonds is 4. The van der Waals surface area contributed by atoms with Gasteiger partial charge in [0.05, 0.1) is 5.69 Å². The first-order valence-electron chi connectivity index (χ1n) is 5.43. The van der Waals surface area contributed by atoms with E-state index < -0.39 is 0 Å². The number of nitrogens with one attached hydrogen (secondary N) is 1. The van der Waals surface area contributed by atoms with E-state index in [1.165, 1.54) is 11.1 Å². The molecule has 0 radical (unpaired) electrons. The van der Waals surface area contributed by atoms with Gasteiger partial charge in [0.2, 0.25) is 0 Å². The third kappa shape index (κ3) is 2.68. The van der Waals surface area contributed by atoms with Gasteiger partial charge in [-0.15, -0.1) is 0 Å². The molecule has 0 bridgehead atoms. The van der Waals surface area contributed by atoms with Gasteiger partial charge in [-0.2, -0.15) is 11.3 Å². The Morgan fingerprint density at radius 1 is 1.38 bits per heavy atom. The van der Waals surface area contributed by atoms with Crippen LogP contribution in [0.1, 0.15) is 29.8 Å². The maximum Gasteiger partial charge on any atom is 0.0570 e. The molecule has 0 aliphatic heterocycles. The topological polar surface area (TPSA) is 24.9 Å². The quantitative estimate of drug-likeness (QED) is 0.875. The molecule has 0 saturated heterocycles. The summed E-state index contributed by atoms with van der Waals surface area (Å²) in [7, 11) is 0. The summed E-state index contributed by atoms with van der Waals surface area (Å²) in [5.41, 5.74) is 3.84. The van der Waals surface area contributed by atoms with Gasteiger partial charge >= 0.3 is 0 Å². The third-order valence-corrected chi connectivity index (χ3v) is 3.60. The Morgan fingerprint density at radius 3 is 2.88 bits per heavy atom. The van der Waals surface area contributed by atoms with Crippen molar-refractivity contribution in [3.63, 3.8) is 0 Å². The van der Waals surface area contributed by atoms with Crippen LogP contribution < -0.4 is 5.32 Å². The average Bonchev–Trinajstić information content (AvgIpc) is 2.73. The van der Waals surface area contributed by atoms with E-state index in [0.717, 1.165) is 12.2 Å². The monoisotopic (exact) mass is 232 g/mol. The zero-order chi connectivity index (χ0) is 11.4. The van der Waals surface area contributed by atoms with Crippen LogP contribution in [0.25, 0.3) is 0 Å². The van der Waals surface area contributed by atoms with Gasteiger partial charge < -0.3 is 5.32 Å². The highest BCUT2D eigenvalue weighted by atomic mass is 32.1. The van der Waals surface area contributed by atoms with Crippen molar-refractivity contribution in [1.29, 1.82) is 0 Å². The Kier molecular flexibility index (Phi) is 3.70. The minimum atomic E-state index is 0.292. The van der Waals surface area contributed by atoms with E-state index in [0.29, 0.717) is 6.04 Å². The zero-order valence-corrected chi connectivity index (χ0v) is 10.4. The molecule has 2 aromatic heterocycles. The van der Waals surface area contributed by atoms with E-state index in [9.17, 15) is 0 Å². The van der Waals surface area contributed by atoms with Gasteiger partial charge in [-0.25, -0.2) is 0 Å². The van der Waals surface area contributed by atoms with Gasteiger partial charge in [-0.3, -0.25) is 4.98 Å². The lowest BCUT2D eigenvalue weighted by atomic mass is 10.2. The van der Waals surface area contributed by atoms with Crippen LogP contribution in [0.15, 0.2) is 35.2 Å². The summed E-state index contributed by atoms with van der Waals surface area (Å²) in [5, 5.41) is 7.87. The fraction of sp³-hybridized carbons (Fsp3) is 0.308. The number of aromatic nitrogens is 1. The Morgan fingerprint density at radius 2 is 2.25 bits per heavy atom. The largest absolute Gasteiger partial charge is 0.305 e. The molecule has 16 heavy (non-hydrogen) atoms. The molecule has 2 nitrogen and oxygen atoms in total. The average molecular weight is 232 g/mol. The van der Waals surface area contributed by atoms with Gasteiger partial charge in [0, 0.05) is 18.8 Å². The van der Waals surface area contributed by atoms with Crippen LogP contribution in [-0.4, -0.2) is 4.98 Å².